The van der Waals surface area contributed by atoms with E-state index in [4.69, 9.17) is 9.47 Å². The van der Waals surface area contributed by atoms with E-state index in [1.807, 2.05) is 14.1 Å². The predicted molar refractivity (Wildman–Crippen MR) is 186 cm³/mol. The van der Waals surface area contributed by atoms with Gasteiger partial charge in [0.05, 0.1) is 26.3 Å². The molecule has 2 aliphatic rings. The highest BCUT2D eigenvalue weighted by molar-refractivity contribution is 7.92. The lowest BCUT2D eigenvalue weighted by atomic mass is 9.77. The molecule has 3 atom stereocenters. The maximum atomic E-state index is 16.3. The number of fused-ring (bicyclic) bond motifs is 1. The van der Waals surface area contributed by atoms with Crippen LogP contribution in [0.5, 0.6) is 11.5 Å². The summed E-state index contributed by atoms with van der Waals surface area (Å²) in [5.41, 5.74) is 1.87. The van der Waals surface area contributed by atoms with E-state index in [9.17, 15) is 21.6 Å². The van der Waals surface area contributed by atoms with E-state index in [1.54, 1.807) is 24.3 Å². The van der Waals surface area contributed by atoms with E-state index < -0.39 is 32.5 Å². The fourth-order valence-corrected chi connectivity index (χ4v) is 8.95. The van der Waals surface area contributed by atoms with Gasteiger partial charge in [0.2, 0.25) is 0 Å². The largest absolute Gasteiger partial charge is 0.497 e. The highest BCUT2D eigenvalue weighted by Crippen LogP contribution is 2.43. The number of halogens is 4. The molecule has 1 fully saturated rings. The van der Waals surface area contributed by atoms with E-state index in [-0.39, 0.29) is 30.4 Å². The van der Waals surface area contributed by atoms with Crippen LogP contribution in [0.3, 0.4) is 0 Å². The second-order valence-electron chi connectivity index (χ2n) is 13.2. The molecule has 4 aromatic rings. The van der Waals surface area contributed by atoms with Gasteiger partial charge in [0.25, 0.3) is 10.0 Å². The third-order valence-corrected chi connectivity index (χ3v) is 11.8. The van der Waals surface area contributed by atoms with Crippen LogP contribution in [-0.4, -0.2) is 70.2 Å². The summed E-state index contributed by atoms with van der Waals surface area (Å²) in [6.07, 6.45) is 1.48. The number of likely N-dealkylation sites (N-methyl/N-ethyl adjacent to an activating group) is 1. The number of alkyl halides is 3. The molecule has 1 aromatic heterocycles. The molecule has 0 spiro atoms. The Hall–Kier alpha value is -4.43. The summed E-state index contributed by atoms with van der Waals surface area (Å²) in [6, 6.07) is 14.7. The molecule has 0 amide bonds. The second-order valence-corrected chi connectivity index (χ2v) is 15.0. The first-order valence-electron chi connectivity index (χ1n) is 16.7. The van der Waals surface area contributed by atoms with Crippen molar-refractivity contribution in [1.82, 2.24) is 14.9 Å². The number of benzene rings is 3. The zero-order valence-electron chi connectivity index (χ0n) is 28.9. The lowest BCUT2D eigenvalue weighted by Gasteiger charge is -2.48. The molecule has 0 saturated heterocycles. The number of methoxy groups -OCH3 is 2. The molecule has 272 valence electrons. The van der Waals surface area contributed by atoms with Crippen molar-refractivity contribution in [1.29, 1.82) is 0 Å². The van der Waals surface area contributed by atoms with Gasteiger partial charge in [-0.15, -0.1) is 0 Å². The average molecular weight is 728 g/mol. The Morgan fingerprint density at radius 1 is 1.00 bits per heavy atom. The molecule has 0 radical (unpaired) electrons. The smallest absolute Gasteiger partial charge is 0.416 e. The van der Waals surface area contributed by atoms with Crippen LogP contribution in [0.4, 0.5) is 29.1 Å². The first-order chi connectivity index (χ1) is 24.3. The first kappa shape index (κ1) is 36.4. The minimum atomic E-state index is -4.50. The molecular formula is C37H41F4N5O4S. The molecular weight excluding hydrogens is 686 g/mol. The molecule has 9 nitrogen and oxygen atoms in total. The van der Waals surface area contributed by atoms with Crippen LogP contribution in [0.2, 0.25) is 0 Å². The predicted octanol–water partition coefficient (Wildman–Crippen LogP) is 7.07. The Morgan fingerprint density at radius 2 is 1.80 bits per heavy atom. The van der Waals surface area contributed by atoms with E-state index in [0.717, 1.165) is 16.8 Å². The number of nitrogens with zero attached hydrogens (tertiary/aromatic N) is 5. The summed E-state index contributed by atoms with van der Waals surface area (Å²) < 4.78 is 97.5. The topological polar surface area (TPSA) is 88.1 Å². The number of hydrogen-bond donors (Lipinski definition) is 0. The Kier molecular flexibility index (Phi) is 10.5. The van der Waals surface area contributed by atoms with Crippen molar-refractivity contribution in [3.05, 3.63) is 101 Å². The van der Waals surface area contributed by atoms with Crippen molar-refractivity contribution >= 4 is 21.5 Å². The fraction of sp³-hybridized carbons (Fsp3) is 0.405. The van der Waals surface area contributed by atoms with Gasteiger partial charge in [-0.2, -0.15) is 13.2 Å². The molecule has 0 N–H and O–H groups in total. The summed E-state index contributed by atoms with van der Waals surface area (Å²) in [6.45, 7) is 0.445. The maximum absolute atomic E-state index is 16.3. The van der Waals surface area contributed by atoms with Crippen LogP contribution in [0.1, 0.15) is 53.9 Å². The number of rotatable bonds is 10. The Morgan fingerprint density at radius 3 is 2.49 bits per heavy atom. The Balaban J connectivity index is 1.32. The molecule has 0 unspecified atom stereocenters. The summed E-state index contributed by atoms with van der Waals surface area (Å²) in [5.74, 6) is 0.0244. The standard InChI is InChI=1S/C37H41F4N5O4S/c1-44(2)33-18-25(24-7-5-9-28(17-24)37(39,40)41)11-13-31(33)45-16-6-8-26-19-35(30(38)21-32(26)45)51(47,48)46(36-14-15-42-23-43-36)22-27-10-12-29(49-3)20-34(27)50-4/h5,7,9-10,12,14-15,17,19-21,23,25,31,33H,6,8,11,13,16,18,22H2,1-4H3/t25-,31-,33-/m0/s1. The molecule has 1 saturated carbocycles. The summed E-state index contributed by atoms with van der Waals surface area (Å²) >= 11 is 0. The van der Waals surface area contributed by atoms with Crippen LogP contribution in [0.15, 0.2) is 78.1 Å². The van der Waals surface area contributed by atoms with Crippen LogP contribution in [0.25, 0.3) is 0 Å². The number of aromatic nitrogens is 2. The molecule has 1 aliphatic heterocycles. The van der Waals surface area contributed by atoms with Crippen molar-refractivity contribution in [2.45, 2.75) is 67.7 Å². The number of sulfonamides is 1. The average Bonchev–Trinajstić information content (AvgIpc) is 3.13. The summed E-state index contributed by atoms with van der Waals surface area (Å²) in [7, 11) is 2.38. The van der Waals surface area contributed by atoms with Crippen LogP contribution in [0, 0.1) is 5.82 Å². The molecule has 3 aromatic carbocycles. The number of aryl methyl sites for hydroxylation is 1. The summed E-state index contributed by atoms with van der Waals surface area (Å²) in [4.78, 5) is 11.9. The molecule has 51 heavy (non-hydrogen) atoms. The lowest BCUT2D eigenvalue weighted by Crippen LogP contribution is -2.54. The number of hydrogen-bond acceptors (Lipinski definition) is 8. The van der Waals surface area contributed by atoms with Gasteiger partial charge >= 0.3 is 6.18 Å². The number of anilines is 2. The lowest BCUT2D eigenvalue weighted by molar-refractivity contribution is -0.137. The Labute approximate surface area is 295 Å². The first-order valence-corrected chi connectivity index (χ1v) is 18.2. The molecule has 6 rings (SSSR count). The Bertz CT molecular complexity index is 1960. The van der Waals surface area contributed by atoms with Gasteiger partial charge in [-0.05, 0) is 93.6 Å². The van der Waals surface area contributed by atoms with E-state index in [1.165, 1.54) is 57.1 Å². The SMILES string of the molecule is COc1ccc(CN(c2ccncn2)S(=O)(=O)c2cc3c(cc2F)N([C@H]2CC[C@H](c4cccc(C(F)(F)F)c4)C[C@@H]2N(C)C)CCC3)c(OC)c1. The maximum Gasteiger partial charge on any atom is 0.416 e. The minimum absolute atomic E-state index is 0.0385. The zero-order chi connectivity index (χ0) is 36.5. The third kappa shape index (κ3) is 7.48. The van der Waals surface area contributed by atoms with Crippen molar-refractivity contribution in [3.63, 3.8) is 0 Å². The van der Waals surface area contributed by atoms with Gasteiger partial charge in [0, 0.05) is 48.2 Å². The van der Waals surface area contributed by atoms with Gasteiger partial charge < -0.3 is 19.3 Å². The van der Waals surface area contributed by atoms with Gasteiger partial charge in [-0.25, -0.2) is 27.1 Å². The minimum Gasteiger partial charge on any atom is -0.497 e. The zero-order valence-corrected chi connectivity index (χ0v) is 29.7. The van der Waals surface area contributed by atoms with Crippen LogP contribution < -0.4 is 18.7 Å². The molecule has 0 bridgehead atoms. The van der Waals surface area contributed by atoms with Gasteiger partial charge in [-0.1, -0.05) is 18.2 Å². The normalized spacial score (nSPS) is 19.5. The van der Waals surface area contributed by atoms with E-state index >= 15 is 4.39 Å². The van der Waals surface area contributed by atoms with Crippen molar-refractivity contribution in [3.8, 4) is 11.5 Å². The van der Waals surface area contributed by atoms with Gasteiger partial charge in [-0.3, -0.25) is 0 Å². The quantitative estimate of drug-likeness (QED) is 0.161. The number of ether oxygens (including phenoxy) is 2. The molecule has 1 aliphatic carbocycles. The third-order valence-electron chi connectivity index (χ3n) is 10.0. The highest BCUT2D eigenvalue weighted by Gasteiger charge is 2.40. The van der Waals surface area contributed by atoms with Crippen molar-refractivity contribution < 1.29 is 35.5 Å². The van der Waals surface area contributed by atoms with Gasteiger partial charge in [0.1, 0.15) is 34.4 Å². The van der Waals surface area contributed by atoms with Crippen LogP contribution in [-0.2, 0) is 29.2 Å². The summed E-state index contributed by atoms with van der Waals surface area (Å²) in [5, 5.41) is 0. The fourth-order valence-electron chi connectivity index (χ4n) is 7.45. The van der Waals surface area contributed by atoms with Crippen molar-refractivity contribution in [2.75, 3.05) is 44.1 Å². The highest BCUT2D eigenvalue weighted by atomic mass is 32.2. The second kappa shape index (κ2) is 14.7. The molecule has 14 heteroatoms. The monoisotopic (exact) mass is 727 g/mol. The molecule has 2 heterocycles. The van der Waals surface area contributed by atoms with Gasteiger partial charge in [0.15, 0.2) is 0 Å². The van der Waals surface area contributed by atoms with Crippen LogP contribution >= 0.6 is 0 Å². The van der Waals surface area contributed by atoms with E-state index in [2.05, 4.69) is 19.8 Å². The van der Waals surface area contributed by atoms with E-state index in [0.29, 0.717) is 66.1 Å². The van der Waals surface area contributed by atoms with Crippen molar-refractivity contribution in [2.24, 2.45) is 0 Å².